The van der Waals surface area contributed by atoms with Crippen molar-refractivity contribution in [2.24, 2.45) is 0 Å². The van der Waals surface area contributed by atoms with E-state index in [0.717, 1.165) is 5.56 Å². The van der Waals surface area contributed by atoms with E-state index < -0.39 is 0 Å². The molecule has 1 aliphatic carbocycles. The van der Waals surface area contributed by atoms with Gasteiger partial charge in [-0.25, -0.2) is 0 Å². The molecule has 0 bridgehead atoms. The largest absolute Gasteiger partial charge is 0.380 e. The molecule has 0 N–H and O–H groups in total. The van der Waals surface area contributed by atoms with Crippen LogP contribution in [0.25, 0.3) is 0 Å². The minimum absolute atomic E-state index is 0.0584. The Hall–Kier alpha value is -1.29. The highest BCUT2D eigenvalue weighted by Gasteiger charge is 2.22. The molecule has 0 aromatic heterocycles. The van der Waals surface area contributed by atoms with E-state index in [4.69, 9.17) is 0 Å². The van der Waals surface area contributed by atoms with Crippen LogP contribution >= 0.6 is 15.9 Å². The lowest BCUT2D eigenvalue weighted by Crippen LogP contribution is -2.31. The predicted molar refractivity (Wildman–Crippen MR) is 81.1 cm³/mol. The van der Waals surface area contributed by atoms with Gasteiger partial charge in [-0.2, -0.15) is 0 Å². The molecule has 1 aromatic rings. The molecule has 0 atom stereocenters. The Kier molecular flexibility index (Phi) is 4.64. The van der Waals surface area contributed by atoms with Crippen LogP contribution in [-0.2, 0) is 6.54 Å². The Bertz CT molecular complexity index is 476. The van der Waals surface area contributed by atoms with Gasteiger partial charge in [-0.15, -0.1) is 0 Å². The van der Waals surface area contributed by atoms with Crippen molar-refractivity contribution in [3.05, 3.63) is 47.2 Å². The molecule has 0 aliphatic heterocycles. The van der Waals surface area contributed by atoms with E-state index in [1.165, 1.54) is 24.1 Å². The first kappa shape index (κ1) is 14.1. The van der Waals surface area contributed by atoms with E-state index in [0.29, 0.717) is 13.1 Å². The van der Waals surface area contributed by atoms with Gasteiger partial charge in [0, 0.05) is 42.3 Å². The minimum Gasteiger partial charge on any atom is -0.380 e. The maximum Gasteiger partial charge on any atom is 0.290 e. The number of benzene rings is 1. The van der Waals surface area contributed by atoms with Gasteiger partial charge >= 0.3 is 0 Å². The van der Waals surface area contributed by atoms with Gasteiger partial charge in [0.05, 0.1) is 6.54 Å². The fourth-order valence-electron chi connectivity index (χ4n) is 2.09. The number of carbonyl (C=O) groups excluding carboxylic acids is 1. The number of allylic oxidation sites excluding steroid dienone is 1. The maximum absolute atomic E-state index is 11.8. The molecule has 0 radical (unpaired) electrons. The fraction of sp³-hybridized carbons (Fsp3) is 0.400. The summed E-state index contributed by atoms with van der Waals surface area (Å²) >= 11 is 3.09. The minimum atomic E-state index is -0.0584. The Labute approximate surface area is 123 Å². The summed E-state index contributed by atoms with van der Waals surface area (Å²) in [5.74, 6) is 0. The Morgan fingerprint density at radius 3 is 2.32 bits per heavy atom. The summed E-state index contributed by atoms with van der Waals surface area (Å²) in [5.41, 5.74) is 3.88. The van der Waals surface area contributed by atoms with Crippen molar-refractivity contribution in [1.29, 1.82) is 0 Å². The van der Waals surface area contributed by atoms with Gasteiger partial charge < -0.3 is 9.80 Å². The third-order valence-corrected chi connectivity index (χ3v) is 3.75. The third-order valence-electron chi connectivity index (χ3n) is 3.25. The summed E-state index contributed by atoms with van der Waals surface area (Å²) in [6.07, 6.45) is 2.34. The second-order valence-corrected chi connectivity index (χ2v) is 5.72. The van der Waals surface area contributed by atoms with Crippen LogP contribution in [0.15, 0.2) is 41.6 Å². The number of carbonyl (C=O) groups is 1. The highest BCUT2D eigenvalue weighted by atomic mass is 79.9. The van der Waals surface area contributed by atoms with Crippen molar-refractivity contribution >= 4 is 20.7 Å². The highest BCUT2D eigenvalue weighted by Crippen LogP contribution is 2.33. The third kappa shape index (κ3) is 4.10. The van der Waals surface area contributed by atoms with Gasteiger partial charge in [0.25, 0.3) is 4.82 Å². The molecule has 1 aliphatic rings. The van der Waals surface area contributed by atoms with Crippen molar-refractivity contribution in [2.45, 2.75) is 19.4 Å². The quantitative estimate of drug-likeness (QED) is 0.610. The molecule has 4 heteroatoms. The lowest BCUT2D eigenvalue weighted by molar-refractivity contribution is 0.222. The van der Waals surface area contributed by atoms with E-state index in [9.17, 15) is 4.79 Å². The van der Waals surface area contributed by atoms with Crippen LogP contribution in [-0.4, -0.2) is 35.3 Å². The summed E-state index contributed by atoms with van der Waals surface area (Å²) < 4.78 is 0. The van der Waals surface area contributed by atoms with E-state index in [2.05, 4.69) is 20.8 Å². The van der Waals surface area contributed by atoms with Gasteiger partial charge in [-0.1, -0.05) is 30.3 Å². The highest BCUT2D eigenvalue weighted by molar-refractivity contribution is 9.18. The van der Waals surface area contributed by atoms with Gasteiger partial charge in [0.2, 0.25) is 0 Å². The lowest BCUT2D eigenvalue weighted by atomic mass is 10.2. The van der Waals surface area contributed by atoms with Crippen LogP contribution in [0, 0.1) is 0 Å². The Balaban J connectivity index is 2.09. The van der Waals surface area contributed by atoms with Crippen LogP contribution in [0.1, 0.15) is 18.4 Å². The summed E-state index contributed by atoms with van der Waals surface area (Å²) in [6, 6.07) is 10.1. The second-order valence-electron chi connectivity index (χ2n) is 5.04. The molecule has 1 aromatic carbocycles. The SMILES string of the molecule is CN(C)C(CN(Cc1ccccc1)C(=O)Br)=C1CC1. The van der Waals surface area contributed by atoms with Gasteiger partial charge in [0.1, 0.15) is 0 Å². The number of hydrogen-bond acceptors (Lipinski definition) is 2. The molecule has 102 valence electrons. The maximum atomic E-state index is 11.8. The number of likely N-dealkylation sites (N-methyl/N-ethyl adjacent to an activating group) is 1. The van der Waals surface area contributed by atoms with Gasteiger partial charge in [0.15, 0.2) is 0 Å². The molecular weight excluding hydrogens is 304 g/mol. The number of halogens is 1. The van der Waals surface area contributed by atoms with Crippen LogP contribution in [0.4, 0.5) is 4.79 Å². The fourth-order valence-corrected chi connectivity index (χ4v) is 2.34. The number of nitrogens with zero attached hydrogens (tertiary/aromatic N) is 2. The molecule has 1 amide bonds. The monoisotopic (exact) mass is 322 g/mol. The van der Waals surface area contributed by atoms with Gasteiger partial charge in [-0.3, -0.25) is 4.79 Å². The molecule has 0 saturated heterocycles. The first-order chi connectivity index (χ1) is 9.08. The molecule has 0 spiro atoms. The summed E-state index contributed by atoms with van der Waals surface area (Å²) in [4.78, 5) is 15.6. The van der Waals surface area contributed by atoms with Crippen molar-refractivity contribution in [3.63, 3.8) is 0 Å². The Morgan fingerprint density at radius 2 is 1.84 bits per heavy atom. The summed E-state index contributed by atoms with van der Waals surface area (Å²) in [7, 11) is 4.08. The summed E-state index contributed by atoms with van der Waals surface area (Å²) in [6.45, 7) is 1.30. The molecule has 1 fully saturated rings. The van der Waals surface area contributed by atoms with Gasteiger partial charge in [-0.05, 0) is 24.0 Å². The van der Waals surface area contributed by atoms with Crippen LogP contribution in [0.3, 0.4) is 0 Å². The molecule has 3 nitrogen and oxygen atoms in total. The lowest BCUT2D eigenvalue weighted by Gasteiger charge is -2.26. The number of amides is 1. The van der Waals surface area contributed by atoms with Crippen LogP contribution < -0.4 is 0 Å². The number of hydrogen-bond donors (Lipinski definition) is 0. The average molecular weight is 323 g/mol. The topological polar surface area (TPSA) is 23.6 Å². The first-order valence-electron chi connectivity index (χ1n) is 6.44. The van der Waals surface area contributed by atoms with Crippen molar-refractivity contribution < 1.29 is 4.79 Å². The van der Waals surface area contributed by atoms with Crippen molar-refractivity contribution in [1.82, 2.24) is 9.80 Å². The van der Waals surface area contributed by atoms with Crippen LogP contribution in [0.2, 0.25) is 0 Å². The zero-order valence-electron chi connectivity index (χ0n) is 11.4. The zero-order chi connectivity index (χ0) is 13.8. The smallest absolute Gasteiger partial charge is 0.290 e. The molecular formula is C15H19BrN2O. The van der Waals surface area contributed by atoms with E-state index in [-0.39, 0.29) is 4.82 Å². The van der Waals surface area contributed by atoms with Crippen LogP contribution in [0.5, 0.6) is 0 Å². The van der Waals surface area contributed by atoms with Crippen molar-refractivity contribution in [3.8, 4) is 0 Å². The second kappa shape index (κ2) is 6.24. The predicted octanol–water partition coefficient (Wildman–Crippen LogP) is 3.61. The number of rotatable bonds is 5. The standard InChI is InChI=1S/C15H19BrN2O/c1-17(2)14(13-8-9-13)11-18(15(16)19)10-12-6-4-3-5-7-12/h3-7H,8-11H2,1-2H3. The normalized spacial score (nSPS) is 13.1. The van der Waals surface area contributed by atoms with E-state index in [1.807, 2.05) is 49.3 Å². The molecule has 19 heavy (non-hydrogen) atoms. The Morgan fingerprint density at radius 1 is 1.21 bits per heavy atom. The molecule has 0 heterocycles. The zero-order valence-corrected chi connectivity index (χ0v) is 13.0. The van der Waals surface area contributed by atoms with Crippen molar-refractivity contribution in [2.75, 3.05) is 20.6 Å². The molecule has 1 saturated carbocycles. The summed E-state index contributed by atoms with van der Waals surface area (Å²) in [5, 5.41) is 0. The first-order valence-corrected chi connectivity index (χ1v) is 7.24. The average Bonchev–Trinajstić information content (AvgIpc) is 3.19. The molecule has 0 unspecified atom stereocenters. The van der Waals surface area contributed by atoms with E-state index in [1.54, 1.807) is 0 Å². The molecule has 2 rings (SSSR count). The van der Waals surface area contributed by atoms with E-state index >= 15 is 0 Å².